The highest BCUT2D eigenvalue weighted by molar-refractivity contribution is 5.94. The second-order valence-electron chi connectivity index (χ2n) is 6.28. The van der Waals surface area contributed by atoms with Crippen LogP contribution in [0.1, 0.15) is 10.4 Å². The molecule has 8 nitrogen and oxygen atoms in total. The number of benzene rings is 2. The lowest BCUT2D eigenvalue weighted by atomic mass is 10.2. The minimum absolute atomic E-state index is 0.00975. The average Bonchev–Trinajstić information content (AvgIpc) is 3.20. The van der Waals surface area contributed by atoms with Gasteiger partial charge in [-0.1, -0.05) is 24.3 Å². The molecule has 2 aromatic heterocycles. The standard InChI is InChI=1S/C21H18FN5O3/c1-29-15-6-4-5-14(13-15)20-25-24-18-9-10-19(26-27(18)20)30-12-11-23-21(28)16-7-2-3-8-17(16)22/h2-10,13H,11-12H2,1H3,(H,23,28). The van der Waals surface area contributed by atoms with Gasteiger partial charge in [0.1, 0.15) is 18.2 Å². The van der Waals surface area contributed by atoms with E-state index in [4.69, 9.17) is 9.47 Å². The molecule has 2 heterocycles. The molecule has 0 fully saturated rings. The molecule has 1 amide bonds. The van der Waals surface area contributed by atoms with Crippen LogP contribution in [0.4, 0.5) is 4.39 Å². The molecule has 0 aliphatic rings. The van der Waals surface area contributed by atoms with Gasteiger partial charge in [-0.15, -0.1) is 15.3 Å². The van der Waals surface area contributed by atoms with E-state index in [1.165, 1.54) is 18.2 Å². The number of amides is 1. The normalized spacial score (nSPS) is 10.7. The maximum Gasteiger partial charge on any atom is 0.254 e. The van der Waals surface area contributed by atoms with E-state index in [1.807, 2.05) is 24.3 Å². The van der Waals surface area contributed by atoms with Gasteiger partial charge < -0.3 is 14.8 Å². The molecule has 152 valence electrons. The average molecular weight is 407 g/mol. The number of nitrogens with zero attached hydrogens (tertiary/aromatic N) is 4. The molecule has 4 aromatic rings. The van der Waals surface area contributed by atoms with Crippen molar-refractivity contribution in [2.45, 2.75) is 0 Å². The topological polar surface area (TPSA) is 90.6 Å². The lowest BCUT2D eigenvalue weighted by Gasteiger charge is -2.08. The summed E-state index contributed by atoms with van der Waals surface area (Å²) >= 11 is 0. The Bertz CT molecular complexity index is 1190. The van der Waals surface area contributed by atoms with Gasteiger partial charge in [-0.2, -0.15) is 4.52 Å². The summed E-state index contributed by atoms with van der Waals surface area (Å²) in [5.41, 5.74) is 1.35. The van der Waals surface area contributed by atoms with Gasteiger partial charge >= 0.3 is 0 Å². The highest BCUT2D eigenvalue weighted by atomic mass is 19.1. The summed E-state index contributed by atoms with van der Waals surface area (Å²) in [6, 6.07) is 16.6. The summed E-state index contributed by atoms with van der Waals surface area (Å²) in [4.78, 5) is 12.0. The number of ether oxygens (including phenoxy) is 2. The fraction of sp³-hybridized carbons (Fsp3) is 0.143. The van der Waals surface area contributed by atoms with Gasteiger partial charge in [0.25, 0.3) is 5.91 Å². The van der Waals surface area contributed by atoms with Gasteiger partial charge in [0, 0.05) is 11.6 Å². The molecule has 0 spiro atoms. The fourth-order valence-corrected chi connectivity index (χ4v) is 2.85. The van der Waals surface area contributed by atoms with Gasteiger partial charge in [0.2, 0.25) is 5.88 Å². The number of carbonyl (C=O) groups excluding carboxylic acids is 1. The summed E-state index contributed by atoms with van der Waals surface area (Å²) in [5.74, 6) is 0.510. The smallest absolute Gasteiger partial charge is 0.254 e. The Morgan fingerprint density at radius 1 is 1.10 bits per heavy atom. The number of aromatic nitrogens is 4. The summed E-state index contributed by atoms with van der Waals surface area (Å²) in [6.45, 7) is 0.354. The quantitative estimate of drug-likeness (QED) is 0.474. The molecule has 0 aliphatic carbocycles. The van der Waals surface area contributed by atoms with Crippen molar-refractivity contribution in [1.29, 1.82) is 0 Å². The molecule has 0 bridgehead atoms. The number of carbonyl (C=O) groups is 1. The first-order valence-corrected chi connectivity index (χ1v) is 9.18. The second kappa shape index (κ2) is 8.56. The maximum absolute atomic E-state index is 13.6. The molecule has 1 N–H and O–H groups in total. The monoisotopic (exact) mass is 407 g/mol. The fourth-order valence-electron chi connectivity index (χ4n) is 2.85. The number of nitrogens with one attached hydrogen (secondary N) is 1. The predicted octanol–water partition coefficient (Wildman–Crippen LogP) is 2.75. The van der Waals surface area contributed by atoms with E-state index in [-0.39, 0.29) is 18.7 Å². The molecular weight excluding hydrogens is 389 g/mol. The number of rotatable bonds is 7. The van der Waals surface area contributed by atoms with Crippen molar-refractivity contribution >= 4 is 11.6 Å². The largest absolute Gasteiger partial charge is 0.497 e. The van der Waals surface area contributed by atoms with Crippen LogP contribution in [-0.4, -0.2) is 46.0 Å². The molecule has 30 heavy (non-hydrogen) atoms. The molecule has 2 aromatic carbocycles. The van der Waals surface area contributed by atoms with Crippen molar-refractivity contribution in [2.24, 2.45) is 0 Å². The first-order chi connectivity index (χ1) is 14.7. The van der Waals surface area contributed by atoms with E-state index in [0.717, 1.165) is 5.56 Å². The van der Waals surface area contributed by atoms with E-state index < -0.39 is 11.7 Å². The Morgan fingerprint density at radius 3 is 2.80 bits per heavy atom. The molecule has 0 radical (unpaired) electrons. The van der Waals surface area contributed by atoms with Crippen molar-refractivity contribution < 1.29 is 18.7 Å². The number of halogens is 1. The molecular formula is C21H18FN5O3. The van der Waals surface area contributed by atoms with Crippen LogP contribution in [0.2, 0.25) is 0 Å². The third-order valence-corrected chi connectivity index (χ3v) is 4.32. The minimum atomic E-state index is -0.569. The van der Waals surface area contributed by atoms with Gasteiger partial charge in [0.05, 0.1) is 19.2 Å². The minimum Gasteiger partial charge on any atom is -0.497 e. The number of hydrogen-bond acceptors (Lipinski definition) is 6. The van der Waals surface area contributed by atoms with Gasteiger partial charge in [0.15, 0.2) is 11.5 Å². The molecule has 0 saturated heterocycles. The third-order valence-electron chi connectivity index (χ3n) is 4.32. The SMILES string of the molecule is COc1cccc(-c2nnc3ccc(OCCNC(=O)c4ccccc4F)nn23)c1. The van der Waals surface area contributed by atoms with Crippen molar-refractivity contribution in [3.05, 3.63) is 72.0 Å². The summed E-state index contributed by atoms with van der Waals surface area (Å²) < 4.78 is 26.1. The lowest BCUT2D eigenvalue weighted by Crippen LogP contribution is -2.28. The van der Waals surface area contributed by atoms with Crippen LogP contribution in [0.5, 0.6) is 11.6 Å². The lowest BCUT2D eigenvalue weighted by molar-refractivity contribution is 0.0942. The molecule has 0 aliphatic heterocycles. The van der Waals surface area contributed by atoms with E-state index in [1.54, 1.807) is 29.8 Å². The highest BCUT2D eigenvalue weighted by Crippen LogP contribution is 2.23. The van der Waals surface area contributed by atoms with Gasteiger partial charge in [-0.3, -0.25) is 4.79 Å². The third kappa shape index (κ3) is 4.04. The zero-order valence-corrected chi connectivity index (χ0v) is 16.1. The van der Waals surface area contributed by atoms with Crippen LogP contribution >= 0.6 is 0 Å². The van der Waals surface area contributed by atoms with Crippen LogP contribution < -0.4 is 14.8 Å². The zero-order chi connectivity index (χ0) is 20.9. The predicted molar refractivity (Wildman–Crippen MR) is 107 cm³/mol. The summed E-state index contributed by atoms with van der Waals surface area (Å²) in [7, 11) is 1.59. The Morgan fingerprint density at radius 2 is 1.97 bits per heavy atom. The van der Waals surface area contributed by atoms with E-state index in [0.29, 0.717) is 23.1 Å². The second-order valence-corrected chi connectivity index (χ2v) is 6.28. The van der Waals surface area contributed by atoms with Crippen LogP contribution in [0.25, 0.3) is 17.0 Å². The number of methoxy groups -OCH3 is 1. The molecule has 0 atom stereocenters. The van der Waals surface area contributed by atoms with Gasteiger partial charge in [-0.05, 0) is 30.3 Å². The Kier molecular flexibility index (Phi) is 5.51. The molecule has 0 unspecified atom stereocenters. The summed E-state index contributed by atoms with van der Waals surface area (Å²) in [6.07, 6.45) is 0. The van der Waals surface area contributed by atoms with Crippen molar-refractivity contribution in [2.75, 3.05) is 20.3 Å². The Balaban J connectivity index is 1.42. The van der Waals surface area contributed by atoms with E-state index in [9.17, 15) is 9.18 Å². The zero-order valence-electron chi connectivity index (χ0n) is 16.1. The van der Waals surface area contributed by atoms with E-state index in [2.05, 4.69) is 20.6 Å². The highest BCUT2D eigenvalue weighted by Gasteiger charge is 2.12. The summed E-state index contributed by atoms with van der Waals surface area (Å²) in [5, 5.41) is 15.3. The van der Waals surface area contributed by atoms with E-state index >= 15 is 0 Å². The number of hydrogen-bond donors (Lipinski definition) is 1. The van der Waals surface area contributed by atoms with Crippen LogP contribution in [0.3, 0.4) is 0 Å². The molecule has 9 heteroatoms. The van der Waals surface area contributed by atoms with Crippen LogP contribution in [0, 0.1) is 5.82 Å². The number of fused-ring (bicyclic) bond motifs is 1. The Hall–Kier alpha value is -4.01. The molecule has 4 rings (SSSR count). The van der Waals surface area contributed by atoms with Crippen molar-refractivity contribution in [3.63, 3.8) is 0 Å². The first kappa shape index (κ1) is 19.3. The first-order valence-electron chi connectivity index (χ1n) is 9.18. The van der Waals surface area contributed by atoms with Crippen LogP contribution in [0.15, 0.2) is 60.7 Å². The van der Waals surface area contributed by atoms with Crippen LogP contribution in [-0.2, 0) is 0 Å². The Labute approximate surface area is 171 Å². The van der Waals surface area contributed by atoms with Crippen molar-refractivity contribution in [3.8, 4) is 23.0 Å². The van der Waals surface area contributed by atoms with Crippen molar-refractivity contribution in [1.82, 2.24) is 25.1 Å². The maximum atomic E-state index is 13.6. The molecule has 0 saturated carbocycles. The van der Waals surface area contributed by atoms with Gasteiger partial charge in [-0.25, -0.2) is 4.39 Å².